The van der Waals surface area contributed by atoms with Crippen LogP contribution in [0.15, 0.2) is 56.7 Å². The lowest BCUT2D eigenvalue weighted by Crippen LogP contribution is -2.41. The third-order valence-corrected chi connectivity index (χ3v) is 5.75. The summed E-state index contributed by atoms with van der Waals surface area (Å²) in [7, 11) is 0. The number of amides is 1. The molecule has 3 aromatic heterocycles. The van der Waals surface area contributed by atoms with Crippen LogP contribution in [0.3, 0.4) is 0 Å². The highest BCUT2D eigenvalue weighted by Gasteiger charge is 2.28. The van der Waals surface area contributed by atoms with E-state index in [0.29, 0.717) is 30.0 Å². The van der Waals surface area contributed by atoms with Crippen molar-refractivity contribution in [2.75, 3.05) is 10.6 Å². The van der Waals surface area contributed by atoms with Crippen molar-refractivity contribution in [2.24, 2.45) is 0 Å². The zero-order valence-electron chi connectivity index (χ0n) is 19.4. The maximum Gasteiger partial charge on any atom is 0.330 e. The van der Waals surface area contributed by atoms with Gasteiger partial charge in [0.2, 0.25) is 0 Å². The Morgan fingerprint density at radius 1 is 1.21 bits per heavy atom. The van der Waals surface area contributed by atoms with E-state index in [1.54, 1.807) is 25.1 Å². The van der Waals surface area contributed by atoms with Gasteiger partial charge in [0, 0.05) is 11.9 Å². The number of furan rings is 1. The molecule has 0 saturated carbocycles. The zero-order chi connectivity index (χ0) is 24.4. The normalized spacial score (nSPS) is 11.1. The average molecular weight is 462 g/mol. The summed E-state index contributed by atoms with van der Waals surface area (Å²) >= 11 is 0. The summed E-state index contributed by atoms with van der Waals surface area (Å²) in [4.78, 5) is 47.4. The van der Waals surface area contributed by atoms with E-state index >= 15 is 0 Å². The van der Waals surface area contributed by atoms with Gasteiger partial charge in [-0.15, -0.1) is 0 Å². The first kappa shape index (κ1) is 23.0. The number of nitrogens with zero attached hydrogens (tertiary/aromatic N) is 3. The van der Waals surface area contributed by atoms with Crippen molar-refractivity contribution < 1.29 is 9.21 Å². The molecule has 1 amide bonds. The number of nitrogens with one attached hydrogen (secondary N) is 1. The lowest BCUT2D eigenvalue weighted by molar-refractivity contribution is 0.0982. The summed E-state index contributed by atoms with van der Waals surface area (Å²) in [6.07, 6.45) is 3.00. The van der Waals surface area contributed by atoms with Crippen molar-refractivity contribution in [1.29, 1.82) is 0 Å². The van der Waals surface area contributed by atoms with Gasteiger partial charge < -0.3 is 10.2 Å². The van der Waals surface area contributed by atoms with Crippen LogP contribution >= 0.6 is 0 Å². The fourth-order valence-electron chi connectivity index (χ4n) is 3.94. The summed E-state index contributed by atoms with van der Waals surface area (Å²) in [5.74, 6) is -0.0762. The molecule has 0 unspecified atom stereocenters. The van der Waals surface area contributed by atoms with Crippen LogP contribution in [0, 0.1) is 13.8 Å². The van der Waals surface area contributed by atoms with E-state index in [1.165, 1.54) is 15.7 Å². The van der Waals surface area contributed by atoms with Gasteiger partial charge in [-0.2, -0.15) is 0 Å². The molecule has 9 nitrogen and oxygen atoms in total. The van der Waals surface area contributed by atoms with Crippen LogP contribution in [0.4, 0.5) is 11.5 Å². The fourth-order valence-corrected chi connectivity index (χ4v) is 3.94. The fraction of sp³-hybridized carbons (Fsp3) is 0.280. The number of carbonyl (C=O) groups excluding carboxylic acids is 1. The van der Waals surface area contributed by atoms with Crippen LogP contribution in [0.25, 0.3) is 10.9 Å². The van der Waals surface area contributed by atoms with Crippen LogP contribution < -0.4 is 21.9 Å². The molecule has 0 aliphatic rings. The van der Waals surface area contributed by atoms with Gasteiger partial charge >= 0.3 is 5.69 Å². The molecule has 0 fully saturated rings. The first-order valence-electron chi connectivity index (χ1n) is 11.1. The van der Waals surface area contributed by atoms with E-state index in [1.807, 2.05) is 32.0 Å². The number of hydrogen-bond acceptors (Lipinski definition) is 6. The minimum Gasteiger partial charge on any atom is -0.467 e. The van der Waals surface area contributed by atoms with Crippen molar-refractivity contribution in [3.63, 3.8) is 0 Å². The Morgan fingerprint density at radius 2 is 2.00 bits per heavy atom. The second-order valence-corrected chi connectivity index (χ2v) is 8.29. The monoisotopic (exact) mass is 461 g/mol. The molecule has 0 saturated heterocycles. The number of unbranched alkanes of at least 4 members (excludes halogenated alkanes) is 1. The second kappa shape index (κ2) is 9.38. The van der Waals surface area contributed by atoms with Crippen molar-refractivity contribution >= 4 is 28.3 Å². The number of anilines is 2. The lowest BCUT2D eigenvalue weighted by atomic mass is 10.1. The number of H-pyrrole nitrogens is 1. The van der Waals surface area contributed by atoms with Crippen molar-refractivity contribution in [2.45, 2.75) is 46.7 Å². The molecule has 0 radical (unpaired) electrons. The number of nitrogen functional groups attached to an aromatic ring is 1. The summed E-state index contributed by atoms with van der Waals surface area (Å²) in [6.45, 7) is 5.97. The SMILES string of the molecule is CCCCn1c(N)c(N(Cc2ccco2)C(=O)c2cc3cc(C)ccc3nc2C)c(=O)[nH]c1=O. The standard InChI is InChI=1S/C25H27N5O4/c1-4-5-10-29-22(26)21(23(31)28-25(29)33)30(14-18-7-6-11-34-18)24(32)19-13-17-12-15(2)8-9-20(17)27-16(19)3/h6-9,11-13H,4-5,10,14,26H2,1-3H3,(H,28,31,33). The van der Waals surface area contributed by atoms with Gasteiger partial charge in [0.05, 0.1) is 29.6 Å². The van der Waals surface area contributed by atoms with Crippen LogP contribution in [0.1, 0.15) is 47.1 Å². The number of aromatic amines is 1. The number of rotatable bonds is 7. The van der Waals surface area contributed by atoms with E-state index in [2.05, 4.69) is 9.97 Å². The molecule has 0 aliphatic carbocycles. The molecule has 0 spiro atoms. The number of aromatic nitrogens is 3. The van der Waals surface area contributed by atoms with Crippen LogP contribution in [-0.2, 0) is 13.1 Å². The lowest BCUT2D eigenvalue weighted by Gasteiger charge is -2.24. The minimum absolute atomic E-state index is 0.0452. The molecule has 3 heterocycles. The molecule has 4 aromatic rings. The number of nitrogens with two attached hydrogens (primary N) is 1. The van der Waals surface area contributed by atoms with E-state index in [9.17, 15) is 14.4 Å². The number of pyridine rings is 1. The van der Waals surface area contributed by atoms with Gasteiger partial charge in [0.25, 0.3) is 11.5 Å². The van der Waals surface area contributed by atoms with Gasteiger partial charge in [0.15, 0.2) is 5.69 Å². The topological polar surface area (TPSA) is 127 Å². The largest absolute Gasteiger partial charge is 0.467 e. The number of carbonyl (C=O) groups is 1. The Kier molecular flexibility index (Phi) is 6.36. The molecule has 0 aliphatic heterocycles. The summed E-state index contributed by atoms with van der Waals surface area (Å²) < 4.78 is 6.74. The van der Waals surface area contributed by atoms with Gasteiger partial charge in [-0.1, -0.05) is 25.0 Å². The van der Waals surface area contributed by atoms with Crippen LogP contribution in [-0.4, -0.2) is 20.4 Å². The Labute approximate surface area is 195 Å². The second-order valence-electron chi connectivity index (χ2n) is 8.29. The quantitative estimate of drug-likeness (QED) is 0.433. The molecular weight excluding hydrogens is 434 g/mol. The van der Waals surface area contributed by atoms with Gasteiger partial charge in [0.1, 0.15) is 11.6 Å². The highest BCUT2D eigenvalue weighted by atomic mass is 16.3. The first-order valence-corrected chi connectivity index (χ1v) is 11.1. The van der Waals surface area contributed by atoms with Gasteiger partial charge in [-0.3, -0.25) is 29.0 Å². The molecule has 0 atom stereocenters. The van der Waals surface area contributed by atoms with Crippen molar-refractivity contribution in [1.82, 2.24) is 14.5 Å². The summed E-state index contributed by atoms with van der Waals surface area (Å²) in [5.41, 5.74) is 7.52. The highest BCUT2D eigenvalue weighted by molar-refractivity contribution is 6.09. The maximum atomic E-state index is 13.9. The molecular formula is C25H27N5O4. The number of benzene rings is 1. The minimum atomic E-state index is -0.739. The Morgan fingerprint density at radius 3 is 2.71 bits per heavy atom. The molecule has 34 heavy (non-hydrogen) atoms. The third kappa shape index (κ3) is 4.36. The van der Waals surface area contributed by atoms with Crippen molar-refractivity contribution in [3.05, 3.63) is 86.1 Å². The van der Waals surface area contributed by atoms with E-state index in [0.717, 1.165) is 22.9 Å². The van der Waals surface area contributed by atoms with Gasteiger partial charge in [-0.05, 0) is 50.6 Å². The predicted octanol–water partition coefficient (Wildman–Crippen LogP) is 3.52. The van der Waals surface area contributed by atoms with E-state index in [4.69, 9.17) is 10.2 Å². The van der Waals surface area contributed by atoms with Gasteiger partial charge in [-0.25, -0.2) is 4.79 Å². The zero-order valence-corrected chi connectivity index (χ0v) is 19.4. The smallest absolute Gasteiger partial charge is 0.330 e. The highest BCUT2D eigenvalue weighted by Crippen LogP contribution is 2.25. The van der Waals surface area contributed by atoms with E-state index in [-0.39, 0.29) is 18.1 Å². The Hall–Kier alpha value is -4.14. The summed E-state index contributed by atoms with van der Waals surface area (Å²) in [6, 6.07) is 11.0. The Balaban J connectivity index is 1.89. The van der Waals surface area contributed by atoms with Crippen LogP contribution in [0.2, 0.25) is 0 Å². The number of fused-ring (bicyclic) bond motifs is 1. The number of aryl methyl sites for hydroxylation is 2. The molecule has 176 valence electrons. The molecule has 3 N–H and O–H groups in total. The number of hydrogen-bond donors (Lipinski definition) is 2. The molecule has 9 heteroatoms. The maximum absolute atomic E-state index is 13.9. The van der Waals surface area contributed by atoms with E-state index < -0.39 is 17.2 Å². The first-order chi connectivity index (χ1) is 16.3. The molecule has 4 rings (SSSR count). The molecule has 1 aromatic carbocycles. The average Bonchev–Trinajstić information content (AvgIpc) is 3.31. The summed E-state index contributed by atoms with van der Waals surface area (Å²) in [5, 5.41) is 0.807. The van der Waals surface area contributed by atoms with Crippen molar-refractivity contribution in [3.8, 4) is 0 Å². The predicted molar refractivity (Wildman–Crippen MR) is 131 cm³/mol. The third-order valence-electron chi connectivity index (χ3n) is 5.75. The Bertz CT molecular complexity index is 1470. The molecule has 0 bridgehead atoms. The van der Waals surface area contributed by atoms with Crippen LogP contribution in [0.5, 0.6) is 0 Å².